The lowest BCUT2D eigenvalue weighted by atomic mass is 10.2. The summed E-state index contributed by atoms with van der Waals surface area (Å²) in [5, 5.41) is 3.46. The van der Waals surface area contributed by atoms with E-state index in [1.54, 1.807) is 27.9 Å². The van der Waals surface area contributed by atoms with Crippen LogP contribution in [0.2, 0.25) is 0 Å². The second kappa shape index (κ2) is 6.09. The molecule has 1 atom stereocenters. The number of hydrogen-bond acceptors (Lipinski definition) is 4. The van der Waals surface area contributed by atoms with Gasteiger partial charge in [0.2, 0.25) is 0 Å². The molecule has 0 spiro atoms. The summed E-state index contributed by atoms with van der Waals surface area (Å²) in [7, 11) is 1.59. The summed E-state index contributed by atoms with van der Waals surface area (Å²) in [5.74, 6) is 0.712. The lowest BCUT2D eigenvalue weighted by Gasteiger charge is -2.21. The highest BCUT2D eigenvalue weighted by atomic mass is 16.6. The van der Waals surface area contributed by atoms with Crippen molar-refractivity contribution in [3.63, 3.8) is 0 Å². The first-order chi connectivity index (χ1) is 10.3. The van der Waals surface area contributed by atoms with Crippen LogP contribution in [0.3, 0.4) is 0 Å². The Morgan fingerprint density at radius 2 is 2.05 bits per heavy atom. The molecular weight excluding hydrogens is 284 g/mol. The molecule has 118 valence electrons. The minimum absolute atomic E-state index is 0.587. The number of carbonyl (C=O) groups is 2. The highest BCUT2D eigenvalue weighted by Crippen LogP contribution is 2.23. The van der Waals surface area contributed by atoms with Gasteiger partial charge >= 0.3 is 6.09 Å². The lowest BCUT2D eigenvalue weighted by Crippen LogP contribution is -2.35. The summed E-state index contributed by atoms with van der Waals surface area (Å²) in [6.45, 7) is 5.28. The Kier molecular flexibility index (Phi) is 4.40. The number of fused-ring (bicyclic) bond motifs is 1. The number of benzene rings is 1. The number of aldehydes is 1. The molecule has 0 aliphatic heterocycles. The SMILES string of the molecule is COc1ccc2cc(C(C=O)NC(=O)OC(C)(C)C)[nH]c2c1. The molecule has 0 fully saturated rings. The largest absolute Gasteiger partial charge is 0.497 e. The topological polar surface area (TPSA) is 80.4 Å². The molecule has 2 rings (SSSR count). The van der Waals surface area contributed by atoms with Gasteiger partial charge in [-0.2, -0.15) is 0 Å². The van der Waals surface area contributed by atoms with E-state index in [0.717, 1.165) is 10.9 Å². The van der Waals surface area contributed by atoms with Crippen LogP contribution >= 0.6 is 0 Å². The zero-order chi connectivity index (χ0) is 16.3. The van der Waals surface area contributed by atoms with Crippen LogP contribution in [0.5, 0.6) is 5.75 Å². The molecule has 0 saturated heterocycles. The van der Waals surface area contributed by atoms with Gasteiger partial charge in [0.05, 0.1) is 7.11 Å². The zero-order valence-corrected chi connectivity index (χ0v) is 13.1. The average Bonchev–Trinajstić information content (AvgIpc) is 2.85. The van der Waals surface area contributed by atoms with E-state index in [0.29, 0.717) is 17.7 Å². The van der Waals surface area contributed by atoms with Crippen molar-refractivity contribution in [3.8, 4) is 5.75 Å². The first-order valence-electron chi connectivity index (χ1n) is 6.94. The molecule has 0 aliphatic carbocycles. The highest BCUT2D eigenvalue weighted by Gasteiger charge is 2.21. The smallest absolute Gasteiger partial charge is 0.408 e. The maximum atomic E-state index is 11.8. The Morgan fingerprint density at radius 1 is 1.32 bits per heavy atom. The normalized spacial score (nSPS) is 12.7. The molecular formula is C16H20N2O4. The Balaban J connectivity index is 2.20. The Morgan fingerprint density at radius 3 is 2.64 bits per heavy atom. The zero-order valence-electron chi connectivity index (χ0n) is 13.1. The molecule has 0 saturated carbocycles. The second-order valence-electron chi connectivity index (χ2n) is 5.94. The summed E-state index contributed by atoms with van der Waals surface area (Å²) in [6.07, 6.45) is 0.0205. The summed E-state index contributed by atoms with van der Waals surface area (Å²) >= 11 is 0. The second-order valence-corrected chi connectivity index (χ2v) is 5.94. The molecule has 2 aromatic rings. The van der Waals surface area contributed by atoms with Crippen LogP contribution in [0, 0.1) is 0 Å². The molecule has 1 heterocycles. The lowest BCUT2D eigenvalue weighted by molar-refractivity contribution is -0.109. The van der Waals surface area contributed by atoms with Gasteiger partial charge in [-0.1, -0.05) is 0 Å². The maximum Gasteiger partial charge on any atom is 0.408 e. The third kappa shape index (κ3) is 3.78. The number of hydrogen-bond donors (Lipinski definition) is 2. The van der Waals surface area contributed by atoms with Crippen molar-refractivity contribution in [1.82, 2.24) is 10.3 Å². The standard InChI is InChI=1S/C16H20N2O4/c1-16(2,3)22-15(20)18-14(9-19)13-7-10-5-6-11(21-4)8-12(10)17-13/h5-9,14,17H,1-4H3,(H,18,20). The molecule has 1 aromatic heterocycles. The third-order valence-corrected chi connectivity index (χ3v) is 2.99. The first-order valence-corrected chi connectivity index (χ1v) is 6.94. The van der Waals surface area contributed by atoms with Gasteiger partial charge in [-0.25, -0.2) is 4.79 Å². The van der Waals surface area contributed by atoms with Crippen LogP contribution in [-0.2, 0) is 9.53 Å². The number of ether oxygens (including phenoxy) is 2. The van der Waals surface area contributed by atoms with Gasteiger partial charge in [-0.05, 0) is 39.0 Å². The molecule has 0 aliphatic rings. The predicted octanol–water partition coefficient (Wildman–Crippen LogP) is 2.94. The molecule has 6 heteroatoms. The third-order valence-electron chi connectivity index (χ3n) is 2.99. The Bertz CT molecular complexity index is 685. The van der Waals surface area contributed by atoms with Gasteiger partial charge in [-0.15, -0.1) is 0 Å². The van der Waals surface area contributed by atoms with E-state index in [2.05, 4.69) is 10.3 Å². The van der Waals surface area contributed by atoms with Gasteiger partial charge in [0.25, 0.3) is 0 Å². The van der Waals surface area contributed by atoms with Crippen molar-refractivity contribution < 1.29 is 19.1 Å². The van der Waals surface area contributed by atoms with E-state index >= 15 is 0 Å². The number of H-pyrrole nitrogens is 1. The monoisotopic (exact) mass is 304 g/mol. The number of aromatic amines is 1. The van der Waals surface area contributed by atoms with Crippen molar-refractivity contribution in [2.75, 3.05) is 7.11 Å². The highest BCUT2D eigenvalue weighted by molar-refractivity contribution is 5.84. The first kappa shape index (κ1) is 15.9. The van der Waals surface area contributed by atoms with Gasteiger partial charge in [0.1, 0.15) is 23.7 Å². The van der Waals surface area contributed by atoms with Crippen LogP contribution in [0.4, 0.5) is 4.79 Å². The molecule has 0 bridgehead atoms. The number of rotatable bonds is 4. The number of methoxy groups -OCH3 is 1. The van der Waals surface area contributed by atoms with Crippen molar-refractivity contribution in [2.24, 2.45) is 0 Å². The fourth-order valence-corrected chi connectivity index (χ4v) is 2.04. The quantitative estimate of drug-likeness (QED) is 0.851. The summed E-state index contributed by atoms with van der Waals surface area (Å²) in [5.41, 5.74) is 0.794. The van der Waals surface area contributed by atoms with Crippen LogP contribution in [0.1, 0.15) is 32.5 Å². The fraction of sp³-hybridized carbons (Fsp3) is 0.375. The van der Waals surface area contributed by atoms with Crippen molar-refractivity contribution in [1.29, 1.82) is 0 Å². The van der Waals surface area contributed by atoms with E-state index in [4.69, 9.17) is 9.47 Å². The molecule has 1 amide bonds. The van der Waals surface area contributed by atoms with E-state index in [-0.39, 0.29) is 0 Å². The summed E-state index contributed by atoms with van der Waals surface area (Å²) in [4.78, 5) is 26.2. The van der Waals surface area contributed by atoms with Gasteiger partial charge < -0.3 is 24.6 Å². The van der Waals surface area contributed by atoms with E-state index in [1.165, 1.54) is 0 Å². The number of aromatic nitrogens is 1. The number of amides is 1. The number of carbonyl (C=O) groups excluding carboxylic acids is 2. The summed E-state index contributed by atoms with van der Waals surface area (Å²) in [6, 6.07) is 6.55. The molecule has 1 unspecified atom stereocenters. The summed E-state index contributed by atoms with van der Waals surface area (Å²) < 4.78 is 10.3. The van der Waals surface area contributed by atoms with Crippen LogP contribution < -0.4 is 10.1 Å². The molecule has 1 aromatic carbocycles. The van der Waals surface area contributed by atoms with E-state index < -0.39 is 17.7 Å². The fourth-order valence-electron chi connectivity index (χ4n) is 2.04. The van der Waals surface area contributed by atoms with Gasteiger partial charge in [0, 0.05) is 22.7 Å². The van der Waals surface area contributed by atoms with Crippen molar-refractivity contribution in [3.05, 3.63) is 30.0 Å². The molecule has 22 heavy (non-hydrogen) atoms. The molecule has 0 radical (unpaired) electrons. The minimum Gasteiger partial charge on any atom is -0.497 e. The van der Waals surface area contributed by atoms with Gasteiger partial charge in [-0.3, -0.25) is 0 Å². The van der Waals surface area contributed by atoms with E-state index in [9.17, 15) is 9.59 Å². The molecule has 2 N–H and O–H groups in total. The predicted molar refractivity (Wildman–Crippen MR) is 83.0 cm³/mol. The van der Waals surface area contributed by atoms with Crippen molar-refractivity contribution in [2.45, 2.75) is 32.4 Å². The number of nitrogens with one attached hydrogen (secondary N) is 2. The average molecular weight is 304 g/mol. The Hall–Kier alpha value is -2.50. The maximum absolute atomic E-state index is 11.8. The van der Waals surface area contributed by atoms with Crippen LogP contribution in [0.15, 0.2) is 24.3 Å². The molecule has 6 nitrogen and oxygen atoms in total. The minimum atomic E-state index is -0.798. The van der Waals surface area contributed by atoms with Crippen LogP contribution in [-0.4, -0.2) is 30.1 Å². The van der Waals surface area contributed by atoms with E-state index in [1.807, 2.05) is 24.3 Å². The Labute approximate surface area is 128 Å². The number of alkyl carbamates (subject to hydrolysis) is 1. The van der Waals surface area contributed by atoms with Gasteiger partial charge in [0.15, 0.2) is 0 Å². The van der Waals surface area contributed by atoms with Crippen molar-refractivity contribution >= 4 is 23.3 Å². The van der Waals surface area contributed by atoms with Crippen LogP contribution in [0.25, 0.3) is 10.9 Å².